The van der Waals surface area contributed by atoms with Gasteiger partial charge in [0, 0.05) is 24.9 Å². The van der Waals surface area contributed by atoms with Crippen molar-refractivity contribution in [3.8, 4) is 5.88 Å². The number of rotatable bonds is 7. The van der Waals surface area contributed by atoms with E-state index in [0.29, 0.717) is 43.4 Å². The molecule has 3 aromatic rings. The number of hydrogen-bond donors (Lipinski definition) is 0. The SMILES string of the molecule is C/C(=N/Oc1ncnc(N2CCC(c3nc(C(C)C)no3)CC2)c1[N+](=O)[O-])c1cccs1. The first-order chi connectivity index (χ1) is 15.4. The Hall–Kier alpha value is -3.41. The van der Waals surface area contributed by atoms with Gasteiger partial charge in [-0.2, -0.15) is 9.97 Å². The minimum atomic E-state index is -0.528. The molecule has 32 heavy (non-hydrogen) atoms. The van der Waals surface area contributed by atoms with Crippen molar-refractivity contribution in [2.75, 3.05) is 18.0 Å². The predicted octanol–water partition coefficient (Wildman–Crippen LogP) is 4.14. The van der Waals surface area contributed by atoms with Gasteiger partial charge in [0.1, 0.15) is 6.33 Å². The Bertz CT molecular complexity index is 1110. The molecule has 0 bridgehead atoms. The van der Waals surface area contributed by atoms with E-state index in [1.54, 1.807) is 6.92 Å². The molecule has 4 rings (SSSR count). The van der Waals surface area contributed by atoms with Crippen LogP contribution in [0.2, 0.25) is 0 Å². The molecule has 0 radical (unpaired) electrons. The molecule has 0 amide bonds. The van der Waals surface area contributed by atoms with Crippen LogP contribution in [0.4, 0.5) is 11.5 Å². The molecule has 1 aliphatic heterocycles. The first-order valence-corrected chi connectivity index (χ1v) is 11.1. The third-order valence-corrected chi connectivity index (χ3v) is 6.19. The summed E-state index contributed by atoms with van der Waals surface area (Å²) in [6.45, 7) is 6.90. The first-order valence-electron chi connectivity index (χ1n) is 10.3. The number of aromatic nitrogens is 4. The molecular formula is C20H23N7O4S. The summed E-state index contributed by atoms with van der Waals surface area (Å²) >= 11 is 1.50. The minimum Gasteiger partial charge on any atom is -0.351 e. The Morgan fingerprint density at radius 1 is 1.38 bits per heavy atom. The van der Waals surface area contributed by atoms with Gasteiger partial charge in [-0.05, 0) is 31.2 Å². The Morgan fingerprint density at radius 2 is 2.16 bits per heavy atom. The van der Waals surface area contributed by atoms with Crippen LogP contribution in [-0.4, -0.2) is 43.8 Å². The number of piperidine rings is 1. The molecule has 0 unspecified atom stereocenters. The Balaban J connectivity index is 1.50. The van der Waals surface area contributed by atoms with Gasteiger partial charge in [0.05, 0.1) is 15.5 Å². The minimum absolute atomic E-state index is 0.112. The van der Waals surface area contributed by atoms with E-state index < -0.39 is 4.92 Å². The van der Waals surface area contributed by atoms with Gasteiger partial charge >= 0.3 is 11.6 Å². The number of oxime groups is 1. The molecule has 3 aromatic heterocycles. The van der Waals surface area contributed by atoms with E-state index >= 15 is 0 Å². The van der Waals surface area contributed by atoms with Gasteiger partial charge < -0.3 is 14.3 Å². The average Bonchev–Trinajstić information content (AvgIpc) is 3.50. The Morgan fingerprint density at radius 3 is 2.78 bits per heavy atom. The number of hydrogen-bond acceptors (Lipinski definition) is 11. The normalized spacial score (nSPS) is 15.4. The molecule has 0 spiro atoms. The van der Waals surface area contributed by atoms with Crippen LogP contribution in [0.3, 0.4) is 0 Å². The largest absolute Gasteiger partial charge is 0.375 e. The molecule has 0 aromatic carbocycles. The highest BCUT2D eigenvalue weighted by molar-refractivity contribution is 7.12. The van der Waals surface area contributed by atoms with E-state index in [1.165, 1.54) is 17.7 Å². The highest BCUT2D eigenvalue weighted by Crippen LogP contribution is 2.37. The lowest BCUT2D eigenvalue weighted by atomic mass is 9.96. The molecule has 0 atom stereocenters. The summed E-state index contributed by atoms with van der Waals surface area (Å²) in [5.74, 6) is 1.65. The van der Waals surface area contributed by atoms with Crippen LogP contribution in [0.15, 0.2) is 33.5 Å². The van der Waals surface area contributed by atoms with Crippen LogP contribution < -0.4 is 9.74 Å². The second-order valence-electron chi connectivity index (χ2n) is 7.76. The molecular weight excluding hydrogens is 434 g/mol. The lowest BCUT2D eigenvalue weighted by Crippen LogP contribution is -2.34. The molecule has 1 fully saturated rings. The van der Waals surface area contributed by atoms with Gasteiger partial charge in [-0.1, -0.05) is 30.2 Å². The van der Waals surface area contributed by atoms with Crippen molar-refractivity contribution in [1.82, 2.24) is 20.1 Å². The van der Waals surface area contributed by atoms with Crippen molar-refractivity contribution in [1.29, 1.82) is 0 Å². The molecule has 1 saturated heterocycles. The number of nitrogens with zero attached hydrogens (tertiary/aromatic N) is 7. The van der Waals surface area contributed by atoms with Crippen molar-refractivity contribution in [2.24, 2.45) is 5.16 Å². The summed E-state index contributed by atoms with van der Waals surface area (Å²) in [6, 6.07) is 3.79. The van der Waals surface area contributed by atoms with Crippen molar-refractivity contribution < 1.29 is 14.3 Å². The fraction of sp³-hybridized carbons (Fsp3) is 0.450. The maximum absolute atomic E-state index is 11.9. The maximum Gasteiger partial charge on any atom is 0.375 e. The summed E-state index contributed by atoms with van der Waals surface area (Å²) in [6.07, 6.45) is 2.69. The molecule has 4 heterocycles. The number of nitro groups is 1. The van der Waals surface area contributed by atoms with Gasteiger partial charge in [0.25, 0.3) is 0 Å². The molecule has 1 aliphatic rings. The molecule has 12 heteroatoms. The fourth-order valence-corrected chi connectivity index (χ4v) is 4.11. The van der Waals surface area contributed by atoms with Crippen molar-refractivity contribution in [3.05, 3.63) is 50.5 Å². The first kappa shape index (κ1) is 21.8. The van der Waals surface area contributed by atoms with Crippen LogP contribution >= 0.6 is 11.3 Å². The Kier molecular flexibility index (Phi) is 6.40. The van der Waals surface area contributed by atoms with Crippen molar-refractivity contribution >= 4 is 28.6 Å². The monoisotopic (exact) mass is 457 g/mol. The summed E-state index contributed by atoms with van der Waals surface area (Å²) in [7, 11) is 0. The van der Waals surface area contributed by atoms with Crippen LogP contribution in [-0.2, 0) is 0 Å². The van der Waals surface area contributed by atoms with Crippen molar-refractivity contribution in [2.45, 2.75) is 45.4 Å². The van der Waals surface area contributed by atoms with E-state index in [2.05, 4.69) is 25.3 Å². The lowest BCUT2D eigenvalue weighted by Gasteiger charge is -2.30. The van der Waals surface area contributed by atoms with Crippen LogP contribution in [0.25, 0.3) is 0 Å². The zero-order valence-electron chi connectivity index (χ0n) is 18.0. The standard InChI is InChI=1S/C20H23N7O4S/c1-12(2)17-23-19(30-25-17)14-6-8-26(9-7-14)18-16(27(28)29)20(22-11-21-18)31-24-13(3)15-5-4-10-32-15/h4-5,10-12,14H,6-9H2,1-3H3/b24-13-. The zero-order valence-corrected chi connectivity index (χ0v) is 18.8. The molecule has 0 aliphatic carbocycles. The third-order valence-electron chi connectivity index (χ3n) is 5.22. The number of anilines is 1. The summed E-state index contributed by atoms with van der Waals surface area (Å²) < 4.78 is 5.43. The van der Waals surface area contributed by atoms with E-state index in [4.69, 9.17) is 9.36 Å². The quantitative estimate of drug-likeness (QED) is 0.291. The fourth-order valence-electron chi connectivity index (χ4n) is 3.44. The lowest BCUT2D eigenvalue weighted by molar-refractivity contribution is -0.385. The third kappa shape index (κ3) is 4.59. The average molecular weight is 458 g/mol. The topological polar surface area (TPSA) is 133 Å². The van der Waals surface area contributed by atoms with E-state index in [1.807, 2.05) is 36.3 Å². The van der Waals surface area contributed by atoms with Crippen LogP contribution in [0, 0.1) is 10.1 Å². The van der Waals surface area contributed by atoms with Gasteiger partial charge in [-0.15, -0.1) is 11.3 Å². The summed E-state index contributed by atoms with van der Waals surface area (Å²) in [4.78, 5) is 32.1. The van der Waals surface area contributed by atoms with Crippen LogP contribution in [0.1, 0.15) is 62.0 Å². The highest BCUT2D eigenvalue weighted by Gasteiger charge is 2.33. The van der Waals surface area contributed by atoms with Crippen molar-refractivity contribution in [3.63, 3.8) is 0 Å². The van der Waals surface area contributed by atoms with E-state index in [9.17, 15) is 10.1 Å². The molecule has 11 nitrogen and oxygen atoms in total. The van der Waals surface area contributed by atoms with E-state index in [-0.39, 0.29) is 29.2 Å². The smallest absolute Gasteiger partial charge is 0.351 e. The molecule has 0 N–H and O–H groups in total. The van der Waals surface area contributed by atoms with Gasteiger partial charge in [0.2, 0.25) is 11.7 Å². The zero-order chi connectivity index (χ0) is 22.7. The van der Waals surface area contributed by atoms with Gasteiger partial charge in [-0.3, -0.25) is 10.1 Å². The summed E-state index contributed by atoms with van der Waals surface area (Å²) in [5, 5.41) is 21.8. The maximum atomic E-state index is 11.9. The Labute approximate surface area is 188 Å². The summed E-state index contributed by atoms with van der Waals surface area (Å²) in [5.41, 5.74) is 0.309. The second-order valence-corrected chi connectivity index (χ2v) is 8.71. The second kappa shape index (κ2) is 9.39. The molecule has 0 saturated carbocycles. The highest BCUT2D eigenvalue weighted by atomic mass is 32.1. The van der Waals surface area contributed by atoms with Gasteiger partial charge in [0.15, 0.2) is 5.82 Å². The molecule has 168 valence electrons. The number of thiophene rings is 1. The van der Waals surface area contributed by atoms with Gasteiger partial charge in [-0.25, -0.2) is 4.98 Å². The van der Waals surface area contributed by atoms with E-state index in [0.717, 1.165) is 4.88 Å². The predicted molar refractivity (Wildman–Crippen MR) is 118 cm³/mol. The van der Waals surface area contributed by atoms with Crippen LogP contribution in [0.5, 0.6) is 5.88 Å².